The molecule has 2 saturated heterocycles. The van der Waals surface area contributed by atoms with Crippen LogP contribution in [0.4, 0.5) is 0 Å². The van der Waals surface area contributed by atoms with E-state index < -0.39 is 85.4 Å². The molecule has 0 spiro atoms. The van der Waals surface area contributed by atoms with Gasteiger partial charge in [-0.1, -0.05) is 6.92 Å². The first-order valence-corrected chi connectivity index (χ1v) is 20.3. The van der Waals surface area contributed by atoms with Crippen molar-refractivity contribution in [1.29, 1.82) is 0 Å². The zero-order valence-electron chi connectivity index (χ0n) is 32.5. The predicted molar refractivity (Wildman–Crippen MR) is 203 cm³/mol. The highest BCUT2D eigenvalue weighted by Crippen LogP contribution is 2.24. The van der Waals surface area contributed by atoms with E-state index in [0.29, 0.717) is 32.2 Å². The summed E-state index contributed by atoms with van der Waals surface area (Å²) < 4.78 is 24.5. The summed E-state index contributed by atoms with van der Waals surface area (Å²) in [5.74, 6) is -2.39. The summed E-state index contributed by atoms with van der Waals surface area (Å²) in [4.78, 5) is 49.6. The second-order valence-electron chi connectivity index (χ2n) is 14.7. The van der Waals surface area contributed by atoms with E-state index in [9.17, 15) is 60.0 Å². The van der Waals surface area contributed by atoms with Gasteiger partial charge in [0.15, 0.2) is 24.8 Å². The van der Waals surface area contributed by atoms with Crippen LogP contribution in [0.25, 0.3) is 0 Å². The van der Waals surface area contributed by atoms with Crippen LogP contribution in [0.3, 0.4) is 0 Å². The molecule has 2 aliphatic rings. The highest BCUT2D eigenvalue weighted by Gasteiger charge is 2.48. The minimum Gasteiger partial charge on any atom is -0.479 e. The summed E-state index contributed by atoms with van der Waals surface area (Å²) in [7, 11) is 1.68. The SMILES string of the molecule is CN[C@@H](Cc1ccn(COC2OC(C(=O)O)C(O)[C@H](O)[C@@H]2O)c1)C(=O)C[C@@H](C)CN[C@@H](Cc1ccn(COC2OC(C(=O)O)C(O)[C@H](O)[C@@H]2O)c1)C(=O)CCCSC. The van der Waals surface area contributed by atoms with Gasteiger partial charge in [-0.2, -0.15) is 11.8 Å². The lowest BCUT2D eigenvalue weighted by Crippen LogP contribution is -2.60. The van der Waals surface area contributed by atoms with E-state index in [0.717, 1.165) is 16.9 Å². The molecule has 0 saturated carbocycles. The van der Waals surface area contributed by atoms with Gasteiger partial charge in [-0.25, -0.2) is 9.59 Å². The number of nitrogens with zero attached hydrogens (tertiary/aromatic N) is 2. The number of carboxylic acid groups (broad SMARTS) is 2. The summed E-state index contributed by atoms with van der Waals surface area (Å²) in [6.45, 7) is 1.91. The molecule has 2 aromatic heterocycles. The number of carbonyl (C=O) groups excluding carboxylic acids is 2. The van der Waals surface area contributed by atoms with Gasteiger partial charge in [-0.15, -0.1) is 0 Å². The smallest absolute Gasteiger partial charge is 0.335 e. The maximum absolute atomic E-state index is 13.4. The molecule has 21 heteroatoms. The van der Waals surface area contributed by atoms with Crippen molar-refractivity contribution in [3.63, 3.8) is 0 Å². The Hall–Kier alpha value is -3.29. The van der Waals surface area contributed by atoms with Crippen molar-refractivity contribution < 1.29 is 79.0 Å². The van der Waals surface area contributed by atoms with Crippen LogP contribution in [0.5, 0.6) is 0 Å². The largest absolute Gasteiger partial charge is 0.479 e. The average molecular weight is 845 g/mol. The van der Waals surface area contributed by atoms with E-state index in [1.807, 2.05) is 13.2 Å². The molecule has 2 aliphatic heterocycles. The third-order valence-corrected chi connectivity index (χ3v) is 10.8. The van der Waals surface area contributed by atoms with E-state index in [-0.39, 0.29) is 37.4 Å². The van der Waals surface area contributed by atoms with Gasteiger partial charge in [-0.05, 0) is 74.0 Å². The first kappa shape index (κ1) is 47.4. The lowest BCUT2D eigenvalue weighted by Gasteiger charge is -2.38. The summed E-state index contributed by atoms with van der Waals surface area (Å²) in [5.41, 5.74) is 1.56. The average Bonchev–Trinajstić information content (AvgIpc) is 3.84. The third-order valence-electron chi connectivity index (χ3n) is 10.1. The zero-order valence-corrected chi connectivity index (χ0v) is 33.3. The molecule has 0 amide bonds. The molecule has 20 nitrogen and oxygen atoms in total. The number of aliphatic hydroxyl groups excluding tert-OH is 6. The molecule has 326 valence electrons. The lowest BCUT2D eigenvalue weighted by molar-refractivity contribution is -0.301. The van der Waals surface area contributed by atoms with Gasteiger partial charge >= 0.3 is 11.9 Å². The van der Waals surface area contributed by atoms with Crippen LogP contribution in [-0.2, 0) is 64.4 Å². The van der Waals surface area contributed by atoms with E-state index in [4.69, 9.17) is 18.9 Å². The minimum atomic E-state index is -1.84. The van der Waals surface area contributed by atoms with Crippen LogP contribution in [0.1, 0.15) is 37.3 Å². The summed E-state index contributed by atoms with van der Waals surface area (Å²) in [6, 6.07) is 2.46. The molecule has 0 aromatic carbocycles. The molecule has 58 heavy (non-hydrogen) atoms. The highest BCUT2D eigenvalue weighted by molar-refractivity contribution is 7.98. The summed E-state index contributed by atoms with van der Waals surface area (Å²) in [5, 5.41) is 85.3. The van der Waals surface area contributed by atoms with Crippen LogP contribution >= 0.6 is 11.8 Å². The fourth-order valence-electron chi connectivity index (χ4n) is 6.70. The standard InChI is InChI=1S/C37H56N4O16S/c1-19(11-25(43)22(38-2)12-20-6-8-40(15-20)17-54-36-30(48)26(44)28(46)32(56-36)34(50)51)14-39-23(24(42)5-4-10-58-3)13-21-7-9-41(16-21)18-55-37-31(49)27(45)29(47)33(57-37)35(52)53/h6-9,15-16,19,22-23,26-33,36-39,44-49H,4-5,10-14,17-18H2,1-3H3,(H,50,51)(H,52,53)/t19-,22+,23+,26+,27+,28?,29?,30+,31+,32?,33?,36?,37?/m1/s1. The molecule has 0 bridgehead atoms. The molecular weight excluding hydrogens is 788 g/mol. The Balaban J connectivity index is 1.28. The number of carbonyl (C=O) groups is 4. The Kier molecular flexibility index (Phi) is 18.3. The number of aliphatic hydroxyl groups is 6. The van der Waals surface area contributed by atoms with Gasteiger partial charge in [0.25, 0.3) is 0 Å². The van der Waals surface area contributed by atoms with Crippen LogP contribution in [0.15, 0.2) is 36.9 Å². The third kappa shape index (κ3) is 12.9. The van der Waals surface area contributed by atoms with Crippen molar-refractivity contribution in [2.75, 3.05) is 25.6 Å². The molecule has 0 aliphatic carbocycles. The van der Waals surface area contributed by atoms with E-state index in [1.165, 1.54) is 0 Å². The number of likely N-dealkylation sites (N-methyl/N-ethyl adjacent to an activating group) is 1. The molecular formula is C37H56N4O16S. The highest BCUT2D eigenvalue weighted by atomic mass is 32.2. The number of thioether (sulfide) groups is 1. The molecule has 13 atom stereocenters. The monoisotopic (exact) mass is 844 g/mol. The van der Waals surface area contributed by atoms with Crippen molar-refractivity contribution in [2.24, 2.45) is 5.92 Å². The number of aromatic nitrogens is 2. The van der Waals surface area contributed by atoms with Crippen molar-refractivity contribution in [3.8, 4) is 0 Å². The van der Waals surface area contributed by atoms with Gasteiger partial charge in [-0.3, -0.25) is 9.59 Å². The van der Waals surface area contributed by atoms with Crippen molar-refractivity contribution in [2.45, 2.75) is 126 Å². The Morgan fingerprint density at radius 2 is 1.24 bits per heavy atom. The van der Waals surface area contributed by atoms with Gasteiger partial charge in [0.05, 0.1) is 12.1 Å². The number of carboxylic acids is 2. The molecule has 0 radical (unpaired) electrons. The van der Waals surface area contributed by atoms with Crippen LogP contribution in [0, 0.1) is 5.92 Å². The molecule has 4 rings (SSSR count). The van der Waals surface area contributed by atoms with Gasteiger partial charge in [0, 0.05) is 37.6 Å². The van der Waals surface area contributed by atoms with E-state index in [2.05, 4.69) is 10.6 Å². The first-order chi connectivity index (χ1) is 27.5. The Bertz CT molecular complexity index is 1640. The molecule has 4 heterocycles. The number of ether oxygens (including phenoxy) is 4. The van der Waals surface area contributed by atoms with Crippen LogP contribution in [-0.4, -0.2) is 173 Å². The van der Waals surface area contributed by atoms with Gasteiger partial charge < -0.3 is 79.6 Å². The zero-order chi connectivity index (χ0) is 42.7. The first-order valence-electron chi connectivity index (χ1n) is 18.9. The number of ketones is 2. The van der Waals surface area contributed by atoms with Crippen molar-refractivity contribution in [3.05, 3.63) is 48.0 Å². The number of Topliss-reactive ketones (excluding diaryl/α,β-unsaturated/α-hetero) is 2. The number of hydrogen-bond acceptors (Lipinski definition) is 17. The quantitative estimate of drug-likeness (QED) is 0.0495. The Morgan fingerprint density at radius 1 is 0.759 bits per heavy atom. The molecule has 10 N–H and O–H groups in total. The van der Waals surface area contributed by atoms with Crippen LogP contribution in [0.2, 0.25) is 0 Å². The number of nitrogens with one attached hydrogen (secondary N) is 2. The Labute approximate surface area is 339 Å². The number of hydrogen-bond donors (Lipinski definition) is 10. The van der Waals surface area contributed by atoms with Gasteiger partial charge in [0.1, 0.15) is 61.7 Å². The number of rotatable bonds is 24. The predicted octanol–water partition coefficient (Wildman–Crippen LogP) is -2.34. The topological polar surface area (TPSA) is 301 Å². The molecule has 2 aromatic rings. The lowest BCUT2D eigenvalue weighted by atomic mass is 9.95. The van der Waals surface area contributed by atoms with Crippen molar-refractivity contribution >= 4 is 35.3 Å². The number of aliphatic carboxylic acids is 2. The Morgan fingerprint density at radius 3 is 1.69 bits per heavy atom. The maximum Gasteiger partial charge on any atom is 0.335 e. The van der Waals surface area contributed by atoms with Crippen molar-refractivity contribution in [1.82, 2.24) is 19.8 Å². The fourth-order valence-corrected chi connectivity index (χ4v) is 7.13. The maximum atomic E-state index is 13.4. The van der Waals surface area contributed by atoms with E-state index >= 15 is 0 Å². The second-order valence-corrected chi connectivity index (χ2v) is 15.7. The second kappa shape index (κ2) is 22.4. The minimum absolute atomic E-state index is 0.0178. The van der Waals surface area contributed by atoms with Crippen LogP contribution < -0.4 is 10.6 Å². The molecule has 2 fully saturated rings. The van der Waals surface area contributed by atoms with Gasteiger partial charge in [0.2, 0.25) is 0 Å². The van der Waals surface area contributed by atoms with E-state index in [1.54, 1.807) is 64.9 Å². The molecule has 6 unspecified atom stereocenters. The fraction of sp³-hybridized carbons (Fsp3) is 0.676. The summed E-state index contributed by atoms with van der Waals surface area (Å²) >= 11 is 1.64. The normalized spacial score (nSPS) is 29.1. The summed E-state index contributed by atoms with van der Waals surface area (Å²) in [6.07, 6.45) is -6.56.